The molecule has 32 nitrogen and oxygen atoms in total. The third-order valence-corrected chi connectivity index (χ3v) is 8.66. The molecule has 0 fully saturated rings. The normalized spacial score (nSPS) is 12.6. The summed E-state index contributed by atoms with van der Waals surface area (Å²) in [6.45, 7) is 13.6. The second kappa shape index (κ2) is 14.9. The summed E-state index contributed by atoms with van der Waals surface area (Å²) in [6.07, 6.45) is 0.686. The van der Waals surface area contributed by atoms with Gasteiger partial charge in [0.2, 0.25) is 47.4 Å². The fourth-order valence-corrected chi connectivity index (χ4v) is 4.29. The average molecular weight is 787 g/mol. The SMILES string of the molecule is CCC(C)(C)N(N=N)c1n[nH]c(Nc2nnc(-n3nc(-n4nnc(-c5n[nH]c(N/C(N)=N/N=C(\N)n6nc(C(=N)C(C)(C)C(C)C)nc6N)n5)n4)nc3N)nn2)n1. The molecule has 0 radical (unpaired) electrons. The number of nitrogens with one attached hydrogen (secondary N) is 6. The van der Waals surface area contributed by atoms with Crippen LogP contribution in [0, 0.1) is 22.3 Å². The Morgan fingerprint density at radius 1 is 0.860 bits per heavy atom. The lowest BCUT2D eigenvalue weighted by molar-refractivity contribution is 0.362. The molecule has 0 aliphatic rings. The minimum atomic E-state index is -0.521. The number of aromatic amines is 2. The van der Waals surface area contributed by atoms with Crippen LogP contribution in [0.15, 0.2) is 15.4 Å². The lowest BCUT2D eigenvalue weighted by Gasteiger charge is -2.30. The molecule has 0 bridgehead atoms. The number of nitrogen functional groups attached to an aromatic ring is 2. The Kier molecular flexibility index (Phi) is 10.1. The van der Waals surface area contributed by atoms with Crippen molar-refractivity contribution in [1.29, 1.82) is 10.9 Å². The average Bonchev–Trinajstić information content (AvgIpc) is 4.03. The number of hydrogen-bond donors (Lipinski definition) is 10. The van der Waals surface area contributed by atoms with Crippen molar-refractivity contribution in [3.63, 3.8) is 0 Å². The number of aromatic nitrogens is 20. The van der Waals surface area contributed by atoms with Crippen molar-refractivity contribution in [3.8, 4) is 23.5 Å². The van der Waals surface area contributed by atoms with Gasteiger partial charge < -0.3 is 28.3 Å². The van der Waals surface area contributed by atoms with E-state index in [9.17, 15) is 0 Å². The Bertz CT molecular complexity index is 2430. The Morgan fingerprint density at radius 2 is 1.58 bits per heavy atom. The van der Waals surface area contributed by atoms with Crippen molar-refractivity contribution in [2.24, 2.45) is 38.2 Å². The highest BCUT2D eigenvalue weighted by Gasteiger charge is 2.32. The number of anilines is 6. The first kappa shape index (κ1) is 38.5. The number of hydrogen-bond acceptors (Lipinski definition) is 23. The number of guanidine groups is 1. The van der Waals surface area contributed by atoms with E-state index in [1.807, 2.05) is 48.5 Å². The first-order chi connectivity index (χ1) is 27.0. The molecule has 0 spiro atoms. The van der Waals surface area contributed by atoms with Gasteiger partial charge in [-0.2, -0.15) is 34.8 Å². The van der Waals surface area contributed by atoms with Crippen LogP contribution in [-0.2, 0) is 0 Å². The summed E-state index contributed by atoms with van der Waals surface area (Å²) < 4.78 is 2.09. The molecule has 57 heavy (non-hydrogen) atoms. The monoisotopic (exact) mass is 786 g/mol. The molecule has 0 aliphatic carbocycles. The van der Waals surface area contributed by atoms with E-state index in [-0.39, 0.29) is 88.6 Å². The Labute approximate surface area is 319 Å². The zero-order valence-corrected chi connectivity index (χ0v) is 31.4. The van der Waals surface area contributed by atoms with Gasteiger partial charge in [-0.05, 0) is 31.4 Å². The molecule has 0 aliphatic heterocycles. The molecule has 0 unspecified atom stereocenters. The van der Waals surface area contributed by atoms with Crippen molar-refractivity contribution in [2.75, 3.05) is 27.1 Å². The van der Waals surface area contributed by atoms with Crippen LogP contribution in [0.3, 0.4) is 0 Å². The maximum absolute atomic E-state index is 8.53. The van der Waals surface area contributed by atoms with Crippen LogP contribution in [0.4, 0.5) is 35.7 Å². The van der Waals surface area contributed by atoms with Crippen LogP contribution < -0.4 is 38.6 Å². The van der Waals surface area contributed by atoms with E-state index in [4.69, 9.17) is 33.9 Å². The predicted octanol–water partition coefficient (Wildman–Crippen LogP) is -1.28. The van der Waals surface area contributed by atoms with Gasteiger partial charge in [0.05, 0.1) is 11.3 Å². The van der Waals surface area contributed by atoms with Crippen molar-refractivity contribution in [1.82, 2.24) is 100 Å². The van der Waals surface area contributed by atoms with E-state index in [0.717, 1.165) is 14.2 Å². The van der Waals surface area contributed by atoms with E-state index >= 15 is 0 Å². The number of H-pyrrole nitrogens is 2. The zero-order chi connectivity index (χ0) is 41.2. The van der Waals surface area contributed by atoms with E-state index in [0.29, 0.717) is 6.42 Å². The summed E-state index contributed by atoms with van der Waals surface area (Å²) in [5, 5.41) is 76.3. The molecule has 0 saturated heterocycles. The van der Waals surface area contributed by atoms with Gasteiger partial charge >= 0.3 is 0 Å². The van der Waals surface area contributed by atoms with Gasteiger partial charge in [-0.15, -0.1) is 61.2 Å². The first-order valence-corrected chi connectivity index (χ1v) is 16.7. The highest BCUT2D eigenvalue weighted by Crippen LogP contribution is 2.30. The highest BCUT2D eigenvalue weighted by atomic mass is 15.6. The number of nitrogens with two attached hydrogens (primary N) is 4. The molecule has 0 atom stereocenters. The van der Waals surface area contributed by atoms with E-state index in [1.54, 1.807) is 0 Å². The van der Waals surface area contributed by atoms with Crippen molar-refractivity contribution in [2.45, 2.75) is 60.4 Å². The first-order valence-electron chi connectivity index (χ1n) is 16.7. The third-order valence-electron chi connectivity index (χ3n) is 8.66. The summed E-state index contributed by atoms with van der Waals surface area (Å²) in [6, 6.07) is 0. The summed E-state index contributed by atoms with van der Waals surface area (Å²) in [5.41, 5.74) is 30.7. The van der Waals surface area contributed by atoms with Crippen LogP contribution in [-0.4, -0.2) is 124 Å². The van der Waals surface area contributed by atoms with Crippen molar-refractivity contribution >= 4 is 53.3 Å². The summed E-state index contributed by atoms with van der Waals surface area (Å²) in [7, 11) is 0. The lowest BCUT2D eigenvalue weighted by Crippen LogP contribution is -2.40. The molecule has 0 saturated carbocycles. The van der Waals surface area contributed by atoms with Gasteiger partial charge in [0, 0.05) is 5.41 Å². The molecule has 6 heterocycles. The summed E-state index contributed by atoms with van der Waals surface area (Å²) in [5.74, 6) is -0.400. The molecule has 0 aromatic carbocycles. The maximum Gasteiger partial charge on any atom is 0.292 e. The predicted molar refractivity (Wildman–Crippen MR) is 199 cm³/mol. The standard InChI is InChI=1S/C25H38N32/c1-8-24(4,5)56(52-31)21-37-19(43-46-21)36-20-44-47-23(48-45-20)55-16(29)35-22(51-55)57-50-13(39-53-57)12-33-18(42-38-12)34-14(27)40-41-17(30)54-15(28)32-11(49-54)10(26)25(6,7)9(2)3/h9,26,31H,8H2,1-7H3,(H2,30,41)(H2,28,32,49)(H2,29,35,51)(H4,27,33,34,38,40,42)(H2,36,37,43,44,45,46). The lowest BCUT2D eigenvalue weighted by atomic mass is 9.76. The Balaban J connectivity index is 1.09. The van der Waals surface area contributed by atoms with Crippen LogP contribution >= 0.6 is 0 Å². The molecule has 14 N–H and O–H groups in total. The maximum atomic E-state index is 8.53. The smallest absolute Gasteiger partial charge is 0.292 e. The molecule has 6 aromatic rings. The number of tetrazole rings is 1. The fourth-order valence-electron chi connectivity index (χ4n) is 4.29. The summed E-state index contributed by atoms with van der Waals surface area (Å²) >= 11 is 0. The largest absolute Gasteiger partial charge is 0.368 e. The topological polar surface area (TPSA) is 456 Å². The molecule has 6 rings (SSSR count). The molecule has 6 aromatic heterocycles. The minimum Gasteiger partial charge on any atom is -0.368 e. The van der Waals surface area contributed by atoms with Gasteiger partial charge in [-0.1, -0.05) is 44.6 Å². The van der Waals surface area contributed by atoms with E-state index < -0.39 is 11.0 Å². The number of rotatable bonds is 14. The Morgan fingerprint density at radius 3 is 2.26 bits per heavy atom. The fraction of sp³-hybridized carbons (Fsp3) is 0.440. The second-order valence-corrected chi connectivity index (χ2v) is 13.3. The van der Waals surface area contributed by atoms with Gasteiger partial charge in [0.25, 0.3) is 23.8 Å². The molecular formula is C25H38N32. The quantitative estimate of drug-likeness (QED) is 0.0266. The van der Waals surface area contributed by atoms with Crippen LogP contribution in [0.25, 0.3) is 23.5 Å². The molecule has 0 amide bonds. The van der Waals surface area contributed by atoms with Gasteiger partial charge in [-0.3, -0.25) is 10.6 Å². The van der Waals surface area contributed by atoms with Crippen LogP contribution in [0.2, 0.25) is 0 Å². The molecule has 32 heteroatoms. The van der Waals surface area contributed by atoms with E-state index in [1.165, 1.54) is 5.01 Å². The number of nitrogens with zero attached hydrogens (tertiary/aromatic N) is 22. The van der Waals surface area contributed by atoms with Gasteiger partial charge in [0.1, 0.15) is 0 Å². The van der Waals surface area contributed by atoms with Crippen molar-refractivity contribution < 1.29 is 0 Å². The van der Waals surface area contributed by atoms with Crippen LogP contribution in [0.1, 0.15) is 60.7 Å². The zero-order valence-electron chi connectivity index (χ0n) is 31.4. The van der Waals surface area contributed by atoms with Crippen molar-refractivity contribution in [3.05, 3.63) is 5.82 Å². The van der Waals surface area contributed by atoms with Gasteiger partial charge in [-0.25, -0.2) is 15.2 Å². The van der Waals surface area contributed by atoms with Gasteiger partial charge in [0.15, 0.2) is 5.82 Å². The molecule has 298 valence electrons. The van der Waals surface area contributed by atoms with Crippen LogP contribution in [0.5, 0.6) is 0 Å². The Hall–Kier alpha value is -8.22. The third kappa shape index (κ3) is 7.87. The molecular weight excluding hydrogens is 748 g/mol. The highest BCUT2D eigenvalue weighted by molar-refractivity contribution is 6.00. The minimum absolute atomic E-state index is 0.0104. The van der Waals surface area contributed by atoms with E-state index in [2.05, 4.69) is 112 Å². The summed E-state index contributed by atoms with van der Waals surface area (Å²) in [4.78, 5) is 17.7. The second-order valence-electron chi connectivity index (χ2n) is 13.3.